The molecule has 2 aromatic heterocycles. The van der Waals surface area contributed by atoms with Crippen LogP contribution in [-0.2, 0) is 0 Å². The normalized spacial score (nSPS) is 11.8. The molecule has 0 bridgehead atoms. The van der Waals surface area contributed by atoms with E-state index in [9.17, 15) is 0 Å². The summed E-state index contributed by atoms with van der Waals surface area (Å²) in [5.74, 6) is 0. The lowest BCUT2D eigenvalue weighted by Gasteiger charge is -2.27. The van der Waals surface area contributed by atoms with Crippen molar-refractivity contribution in [1.82, 2.24) is 4.57 Å². The van der Waals surface area contributed by atoms with Crippen molar-refractivity contribution in [3.05, 3.63) is 194 Å². The monoisotopic (exact) mass is 676 g/mol. The van der Waals surface area contributed by atoms with Crippen LogP contribution in [0.3, 0.4) is 0 Å². The van der Waals surface area contributed by atoms with Gasteiger partial charge in [-0.05, 0) is 82.6 Å². The summed E-state index contributed by atoms with van der Waals surface area (Å²) >= 11 is 0. The molecule has 0 aliphatic heterocycles. The van der Waals surface area contributed by atoms with Gasteiger partial charge in [0.15, 0.2) is 0 Å². The van der Waals surface area contributed by atoms with Crippen molar-refractivity contribution in [3.63, 3.8) is 0 Å². The Balaban J connectivity index is 1.09. The lowest BCUT2D eigenvalue weighted by atomic mass is 9.98. The Kier molecular flexibility index (Phi) is 6.55. The summed E-state index contributed by atoms with van der Waals surface area (Å²) in [7, 11) is 0. The van der Waals surface area contributed by atoms with Gasteiger partial charge in [0.25, 0.3) is 0 Å². The summed E-state index contributed by atoms with van der Waals surface area (Å²) in [4.78, 5) is 2.39. The van der Waals surface area contributed by atoms with Crippen molar-refractivity contribution in [2.24, 2.45) is 0 Å². The van der Waals surface area contributed by atoms with E-state index in [-0.39, 0.29) is 0 Å². The SMILES string of the molecule is c1cc(N(c2ccc(-c3cccc4oc5c6ccccc6ccc5c34)cc2)c2cccc3ccccc23)cc(-n2c3ccccc3c3ccccc32)c1. The maximum absolute atomic E-state index is 6.53. The first kappa shape index (κ1) is 29.6. The van der Waals surface area contributed by atoms with E-state index in [4.69, 9.17) is 4.42 Å². The van der Waals surface area contributed by atoms with E-state index >= 15 is 0 Å². The fraction of sp³-hybridized carbons (Fsp3) is 0. The highest BCUT2D eigenvalue weighted by Crippen LogP contribution is 2.43. The van der Waals surface area contributed by atoms with Crippen molar-refractivity contribution >= 4 is 82.4 Å². The minimum atomic E-state index is 0.900. The van der Waals surface area contributed by atoms with Gasteiger partial charge in [0.05, 0.1) is 16.7 Å². The molecule has 0 saturated heterocycles. The average molecular weight is 677 g/mol. The van der Waals surface area contributed by atoms with Crippen molar-refractivity contribution < 1.29 is 4.42 Å². The molecular formula is C50H32N2O. The number of furan rings is 1. The van der Waals surface area contributed by atoms with Crippen LogP contribution in [0.25, 0.3) is 82.1 Å². The molecule has 9 aromatic carbocycles. The molecular weight excluding hydrogens is 645 g/mol. The van der Waals surface area contributed by atoms with Crippen molar-refractivity contribution in [2.45, 2.75) is 0 Å². The third-order valence-electron chi connectivity index (χ3n) is 10.8. The van der Waals surface area contributed by atoms with E-state index in [0.717, 1.165) is 61.2 Å². The topological polar surface area (TPSA) is 21.3 Å². The predicted octanol–water partition coefficient (Wildman–Crippen LogP) is 14.1. The van der Waals surface area contributed by atoms with Crippen LogP contribution in [0.1, 0.15) is 0 Å². The van der Waals surface area contributed by atoms with Gasteiger partial charge in [0.1, 0.15) is 11.2 Å². The van der Waals surface area contributed by atoms with Gasteiger partial charge in [-0.25, -0.2) is 0 Å². The highest BCUT2D eigenvalue weighted by molar-refractivity contribution is 6.19. The van der Waals surface area contributed by atoms with E-state index in [1.807, 2.05) is 0 Å². The molecule has 0 radical (unpaired) electrons. The number of aromatic nitrogens is 1. The van der Waals surface area contributed by atoms with Crippen LogP contribution in [0.15, 0.2) is 199 Å². The van der Waals surface area contributed by atoms with Crippen LogP contribution in [0.2, 0.25) is 0 Å². The molecule has 11 rings (SSSR count). The minimum absolute atomic E-state index is 0.900. The molecule has 0 atom stereocenters. The summed E-state index contributed by atoms with van der Waals surface area (Å²) in [6, 6.07) is 69.7. The van der Waals surface area contributed by atoms with Gasteiger partial charge < -0.3 is 13.9 Å². The number of anilines is 3. The number of nitrogens with zero attached hydrogens (tertiary/aromatic N) is 2. The first-order valence-electron chi connectivity index (χ1n) is 18.1. The predicted molar refractivity (Wildman–Crippen MR) is 223 cm³/mol. The second-order valence-corrected chi connectivity index (χ2v) is 13.7. The van der Waals surface area contributed by atoms with Crippen LogP contribution in [0.4, 0.5) is 17.1 Å². The van der Waals surface area contributed by atoms with Crippen molar-refractivity contribution in [3.8, 4) is 16.8 Å². The highest BCUT2D eigenvalue weighted by Gasteiger charge is 2.19. The van der Waals surface area contributed by atoms with Crippen LogP contribution in [0, 0.1) is 0 Å². The van der Waals surface area contributed by atoms with E-state index in [1.165, 1.54) is 38.0 Å². The molecule has 11 aromatic rings. The molecule has 53 heavy (non-hydrogen) atoms. The lowest BCUT2D eigenvalue weighted by molar-refractivity contribution is 0.673. The van der Waals surface area contributed by atoms with Crippen LogP contribution < -0.4 is 4.90 Å². The Morgan fingerprint density at radius 3 is 1.81 bits per heavy atom. The summed E-state index contributed by atoms with van der Waals surface area (Å²) < 4.78 is 8.92. The maximum Gasteiger partial charge on any atom is 0.143 e. The van der Waals surface area contributed by atoms with Crippen LogP contribution in [-0.4, -0.2) is 4.57 Å². The summed E-state index contributed by atoms with van der Waals surface area (Å²) in [5, 5.41) is 9.51. The minimum Gasteiger partial charge on any atom is -0.455 e. The fourth-order valence-corrected chi connectivity index (χ4v) is 8.39. The largest absolute Gasteiger partial charge is 0.455 e. The highest BCUT2D eigenvalue weighted by atomic mass is 16.3. The molecule has 0 N–H and O–H groups in total. The lowest BCUT2D eigenvalue weighted by Crippen LogP contribution is -2.11. The van der Waals surface area contributed by atoms with Gasteiger partial charge in [0, 0.05) is 49.4 Å². The smallest absolute Gasteiger partial charge is 0.143 e. The molecule has 2 heterocycles. The van der Waals surface area contributed by atoms with Crippen LogP contribution in [0.5, 0.6) is 0 Å². The number of hydrogen-bond acceptors (Lipinski definition) is 2. The van der Waals surface area contributed by atoms with E-state index < -0.39 is 0 Å². The molecule has 0 amide bonds. The standard InChI is InChI=1S/C50H32N2O/c1-3-17-39-33(12-1)14-9-24-45(39)51(37-15-10-16-38(32-37)52-46-22-7-5-19-42(46)43-20-6-8-23-47(43)52)36-29-26-35(27-30-36)40-21-11-25-48-49(40)44-31-28-34-13-2-4-18-41(34)50(44)53-48/h1-32H. The van der Waals surface area contributed by atoms with Gasteiger partial charge in [0.2, 0.25) is 0 Å². The number of benzene rings is 9. The molecule has 0 aliphatic rings. The second kappa shape index (κ2) is 11.7. The molecule has 0 saturated carbocycles. The van der Waals surface area contributed by atoms with Crippen LogP contribution >= 0.6 is 0 Å². The molecule has 0 unspecified atom stereocenters. The second-order valence-electron chi connectivity index (χ2n) is 13.7. The quantitative estimate of drug-likeness (QED) is 0.181. The zero-order valence-electron chi connectivity index (χ0n) is 28.8. The van der Waals surface area contributed by atoms with Gasteiger partial charge >= 0.3 is 0 Å². The third kappa shape index (κ3) is 4.61. The number of hydrogen-bond donors (Lipinski definition) is 0. The Labute approximate surface area is 306 Å². The van der Waals surface area contributed by atoms with E-state index in [2.05, 4.69) is 204 Å². The molecule has 0 fully saturated rings. The van der Waals surface area contributed by atoms with Gasteiger partial charge in [-0.3, -0.25) is 0 Å². The van der Waals surface area contributed by atoms with Gasteiger partial charge in [-0.2, -0.15) is 0 Å². The number of para-hydroxylation sites is 2. The molecule has 3 heteroatoms. The zero-order valence-corrected chi connectivity index (χ0v) is 28.8. The summed E-state index contributed by atoms with van der Waals surface area (Å²) in [6.07, 6.45) is 0. The van der Waals surface area contributed by atoms with Gasteiger partial charge in [-0.1, -0.05) is 133 Å². The number of fused-ring (bicyclic) bond motifs is 9. The fourth-order valence-electron chi connectivity index (χ4n) is 8.39. The van der Waals surface area contributed by atoms with Crippen molar-refractivity contribution in [1.29, 1.82) is 0 Å². The maximum atomic E-state index is 6.53. The van der Waals surface area contributed by atoms with Gasteiger partial charge in [-0.15, -0.1) is 0 Å². The first-order chi connectivity index (χ1) is 26.3. The molecule has 248 valence electrons. The molecule has 0 spiro atoms. The zero-order chi connectivity index (χ0) is 34.9. The summed E-state index contributed by atoms with van der Waals surface area (Å²) in [6.45, 7) is 0. The molecule has 3 nitrogen and oxygen atoms in total. The molecule has 0 aliphatic carbocycles. The van der Waals surface area contributed by atoms with E-state index in [0.29, 0.717) is 0 Å². The Morgan fingerprint density at radius 2 is 1.04 bits per heavy atom. The average Bonchev–Trinajstić information content (AvgIpc) is 3.78. The Hall–Kier alpha value is -7.10. The van der Waals surface area contributed by atoms with E-state index in [1.54, 1.807) is 0 Å². The Morgan fingerprint density at radius 1 is 0.415 bits per heavy atom. The first-order valence-corrected chi connectivity index (χ1v) is 18.1. The third-order valence-corrected chi connectivity index (χ3v) is 10.8. The van der Waals surface area contributed by atoms with Crippen molar-refractivity contribution in [2.75, 3.05) is 4.90 Å². The summed E-state index contributed by atoms with van der Waals surface area (Å²) in [5.41, 5.74) is 11.0. The Bertz CT molecular complexity index is 3130. The number of rotatable bonds is 5.